The van der Waals surface area contributed by atoms with E-state index in [1.54, 1.807) is 17.7 Å². The van der Waals surface area contributed by atoms with E-state index in [0.29, 0.717) is 29.8 Å². The maximum Gasteiger partial charge on any atom is 0.324 e. The number of halogens is 1. The quantitative estimate of drug-likeness (QED) is 0.567. The second kappa shape index (κ2) is 6.36. The lowest BCUT2D eigenvalue weighted by Gasteiger charge is -2.04. The standard InChI is InChI=1S/C15H13FN4O3S/c1-19-12-7-10(16)2-3-11(12)18-13(19)4-5-17-15(21)9-6-14(20(22)23)24-8-9/h2-3,6-8H,4-5H2,1H3,(H,17,21). The Labute approximate surface area is 139 Å². The van der Waals surface area contributed by atoms with Crippen LogP contribution in [0.15, 0.2) is 29.6 Å². The number of carbonyl (C=O) groups is 1. The second-order valence-corrected chi connectivity index (χ2v) is 6.05. The zero-order valence-corrected chi connectivity index (χ0v) is 13.5. The van der Waals surface area contributed by atoms with Crippen molar-refractivity contribution in [3.63, 3.8) is 0 Å². The summed E-state index contributed by atoms with van der Waals surface area (Å²) < 4.78 is 15.1. The number of rotatable bonds is 5. The molecule has 124 valence electrons. The molecule has 2 heterocycles. The summed E-state index contributed by atoms with van der Waals surface area (Å²) in [6, 6.07) is 5.62. The third-order valence-corrected chi connectivity index (χ3v) is 4.48. The molecule has 9 heteroatoms. The summed E-state index contributed by atoms with van der Waals surface area (Å²) in [5.74, 6) is 0.0146. The first kappa shape index (κ1) is 16.1. The number of nitro groups is 1. The van der Waals surface area contributed by atoms with Crippen molar-refractivity contribution < 1.29 is 14.1 Å². The number of amides is 1. The predicted molar refractivity (Wildman–Crippen MR) is 87.7 cm³/mol. The molecule has 0 aliphatic rings. The number of imidazole rings is 1. The molecule has 0 fully saturated rings. The van der Waals surface area contributed by atoms with Gasteiger partial charge in [0, 0.05) is 31.5 Å². The van der Waals surface area contributed by atoms with Crippen LogP contribution in [-0.2, 0) is 13.5 Å². The summed E-state index contributed by atoms with van der Waals surface area (Å²) in [5, 5.41) is 14.7. The van der Waals surface area contributed by atoms with Crippen molar-refractivity contribution in [1.29, 1.82) is 0 Å². The van der Waals surface area contributed by atoms with Crippen LogP contribution in [0.4, 0.5) is 9.39 Å². The molecule has 2 aromatic heterocycles. The van der Waals surface area contributed by atoms with Crippen LogP contribution in [0.1, 0.15) is 16.2 Å². The highest BCUT2D eigenvalue weighted by Gasteiger charge is 2.15. The number of fused-ring (bicyclic) bond motifs is 1. The maximum atomic E-state index is 13.3. The van der Waals surface area contributed by atoms with E-state index in [4.69, 9.17) is 0 Å². The van der Waals surface area contributed by atoms with Crippen molar-refractivity contribution >= 4 is 33.3 Å². The molecule has 0 unspecified atom stereocenters. The van der Waals surface area contributed by atoms with Gasteiger partial charge in [0.25, 0.3) is 5.91 Å². The van der Waals surface area contributed by atoms with E-state index in [9.17, 15) is 19.3 Å². The molecule has 7 nitrogen and oxygen atoms in total. The van der Waals surface area contributed by atoms with Crippen molar-refractivity contribution in [2.75, 3.05) is 6.54 Å². The molecule has 0 radical (unpaired) electrons. The van der Waals surface area contributed by atoms with Crippen LogP contribution in [-0.4, -0.2) is 26.9 Å². The van der Waals surface area contributed by atoms with Gasteiger partial charge >= 0.3 is 5.00 Å². The van der Waals surface area contributed by atoms with Crippen molar-refractivity contribution in [2.45, 2.75) is 6.42 Å². The summed E-state index contributed by atoms with van der Waals surface area (Å²) in [7, 11) is 1.79. The van der Waals surface area contributed by atoms with Gasteiger partial charge in [-0.25, -0.2) is 9.37 Å². The summed E-state index contributed by atoms with van der Waals surface area (Å²) in [4.78, 5) is 26.5. The average Bonchev–Trinajstić information content (AvgIpc) is 3.14. The Hall–Kier alpha value is -2.81. The number of aryl methyl sites for hydroxylation is 1. The Balaban J connectivity index is 1.64. The lowest BCUT2D eigenvalue weighted by atomic mass is 10.3. The topological polar surface area (TPSA) is 90.1 Å². The van der Waals surface area contributed by atoms with Crippen molar-refractivity contribution in [3.05, 3.63) is 57.0 Å². The Kier molecular flexibility index (Phi) is 4.26. The molecule has 3 aromatic rings. The maximum absolute atomic E-state index is 13.3. The molecule has 0 saturated carbocycles. The Bertz CT molecular complexity index is 934. The number of carbonyl (C=O) groups excluding carboxylic acids is 1. The number of nitrogens with one attached hydrogen (secondary N) is 1. The average molecular weight is 348 g/mol. The van der Waals surface area contributed by atoms with Crippen LogP contribution in [0.2, 0.25) is 0 Å². The van der Waals surface area contributed by atoms with Crippen molar-refractivity contribution in [3.8, 4) is 0 Å². The molecule has 3 rings (SSSR count). The molecule has 0 atom stereocenters. The minimum atomic E-state index is -0.528. The number of aromatic nitrogens is 2. The zero-order valence-electron chi connectivity index (χ0n) is 12.7. The van der Waals surface area contributed by atoms with Gasteiger partial charge in [0.15, 0.2) is 0 Å². The highest BCUT2D eigenvalue weighted by atomic mass is 32.1. The van der Waals surface area contributed by atoms with Gasteiger partial charge in [-0.3, -0.25) is 14.9 Å². The largest absolute Gasteiger partial charge is 0.352 e. The van der Waals surface area contributed by atoms with Gasteiger partial charge in [0.1, 0.15) is 11.6 Å². The fourth-order valence-electron chi connectivity index (χ4n) is 2.37. The predicted octanol–water partition coefficient (Wildman–Crippen LogP) is 2.65. The van der Waals surface area contributed by atoms with Gasteiger partial charge in [-0.2, -0.15) is 0 Å². The molecule has 1 N–H and O–H groups in total. The summed E-state index contributed by atoms with van der Waals surface area (Å²) in [6.45, 7) is 0.322. The Morgan fingerprint density at radius 1 is 1.46 bits per heavy atom. The van der Waals surface area contributed by atoms with Gasteiger partial charge in [-0.05, 0) is 18.2 Å². The van der Waals surface area contributed by atoms with Crippen LogP contribution >= 0.6 is 11.3 Å². The number of nitrogens with zero attached hydrogens (tertiary/aromatic N) is 3. The Morgan fingerprint density at radius 3 is 2.96 bits per heavy atom. The highest BCUT2D eigenvalue weighted by molar-refractivity contribution is 7.13. The smallest absolute Gasteiger partial charge is 0.324 e. The number of benzene rings is 1. The lowest BCUT2D eigenvalue weighted by molar-refractivity contribution is -0.380. The first-order valence-corrected chi connectivity index (χ1v) is 7.95. The molecule has 0 bridgehead atoms. The number of thiophene rings is 1. The molecule has 1 amide bonds. The first-order valence-electron chi connectivity index (χ1n) is 7.07. The van der Waals surface area contributed by atoms with E-state index < -0.39 is 4.92 Å². The van der Waals surface area contributed by atoms with Crippen LogP contribution in [0.25, 0.3) is 11.0 Å². The normalized spacial score (nSPS) is 10.9. The van der Waals surface area contributed by atoms with E-state index in [1.165, 1.54) is 23.6 Å². The fourth-order valence-corrected chi connectivity index (χ4v) is 3.07. The van der Waals surface area contributed by atoms with Crippen LogP contribution in [0, 0.1) is 15.9 Å². The molecule has 24 heavy (non-hydrogen) atoms. The van der Waals surface area contributed by atoms with Crippen molar-refractivity contribution in [2.24, 2.45) is 7.05 Å². The lowest BCUT2D eigenvalue weighted by Crippen LogP contribution is -2.25. The molecule has 0 saturated heterocycles. The van der Waals surface area contributed by atoms with E-state index in [-0.39, 0.29) is 22.3 Å². The van der Waals surface area contributed by atoms with Crippen LogP contribution in [0.3, 0.4) is 0 Å². The van der Waals surface area contributed by atoms with Gasteiger partial charge in [-0.15, -0.1) is 0 Å². The van der Waals surface area contributed by atoms with Gasteiger partial charge in [0.05, 0.1) is 21.5 Å². The summed E-state index contributed by atoms with van der Waals surface area (Å²) >= 11 is 0.911. The SMILES string of the molecule is Cn1c(CCNC(=O)c2csc([N+](=O)[O-])c2)nc2ccc(F)cc21. The molecular weight excluding hydrogens is 335 g/mol. The van der Waals surface area contributed by atoms with Gasteiger partial charge < -0.3 is 9.88 Å². The minimum absolute atomic E-state index is 0.0717. The second-order valence-electron chi connectivity index (χ2n) is 5.16. The van der Waals surface area contributed by atoms with E-state index in [2.05, 4.69) is 10.3 Å². The van der Waals surface area contributed by atoms with Crippen LogP contribution in [0.5, 0.6) is 0 Å². The molecule has 0 aliphatic carbocycles. The highest BCUT2D eigenvalue weighted by Crippen LogP contribution is 2.22. The molecular formula is C15H13FN4O3S. The van der Waals surface area contributed by atoms with Crippen LogP contribution < -0.4 is 5.32 Å². The summed E-state index contributed by atoms with van der Waals surface area (Å²) in [5.41, 5.74) is 1.64. The van der Waals surface area contributed by atoms with E-state index in [1.807, 2.05) is 0 Å². The van der Waals surface area contributed by atoms with E-state index in [0.717, 1.165) is 11.3 Å². The first-order chi connectivity index (χ1) is 11.5. The zero-order chi connectivity index (χ0) is 17.3. The van der Waals surface area contributed by atoms with Crippen molar-refractivity contribution in [1.82, 2.24) is 14.9 Å². The monoisotopic (exact) mass is 348 g/mol. The molecule has 1 aromatic carbocycles. The third-order valence-electron chi connectivity index (χ3n) is 3.60. The fraction of sp³-hybridized carbons (Fsp3) is 0.200. The minimum Gasteiger partial charge on any atom is -0.352 e. The molecule has 0 aliphatic heterocycles. The third kappa shape index (κ3) is 3.11. The number of hydrogen-bond acceptors (Lipinski definition) is 5. The van der Waals surface area contributed by atoms with E-state index >= 15 is 0 Å². The Morgan fingerprint density at radius 2 is 2.25 bits per heavy atom. The number of hydrogen-bond donors (Lipinski definition) is 1. The summed E-state index contributed by atoms with van der Waals surface area (Å²) in [6.07, 6.45) is 0.463. The van der Waals surface area contributed by atoms with Gasteiger partial charge in [0.2, 0.25) is 0 Å². The molecule has 0 spiro atoms. The van der Waals surface area contributed by atoms with Gasteiger partial charge in [-0.1, -0.05) is 11.3 Å².